The van der Waals surface area contributed by atoms with Crippen molar-refractivity contribution in [1.29, 1.82) is 0 Å². The van der Waals surface area contributed by atoms with Gasteiger partial charge in [-0.25, -0.2) is 13.4 Å². The summed E-state index contributed by atoms with van der Waals surface area (Å²) in [6.07, 6.45) is 1.65. The molecule has 0 unspecified atom stereocenters. The molecule has 0 aliphatic carbocycles. The average Bonchev–Trinajstić information content (AvgIpc) is 3.02. The number of nitrogens with zero attached hydrogens (tertiary/aromatic N) is 4. The SMILES string of the molecule is CCCCOc1nc2nonc2nc1NC(=O)c1ccc(F)cc1F. The van der Waals surface area contributed by atoms with Crippen LogP contribution < -0.4 is 10.1 Å². The Balaban J connectivity index is 1.90. The molecule has 8 nitrogen and oxygen atoms in total. The van der Waals surface area contributed by atoms with E-state index < -0.39 is 17.5 Å². The Labute approximate surface area is 140 Å². The highest BCUT2D eigenvalue weighted by Crippen LogP contribution is 2.23. The van der Waals surface area contributed by atoms with E-state index in [0.29, 0.717) is 12.7 Å². The lowest BCUT2D eigenvalue weighted by Crippen LogP contribution is -2.16. The molecule has 0 saturated heterocycles. The van der Waals surface area contributed by atoms with E-state index in [1.54, 1.807) is 0 Å². The van der Waals surface area contributed by atoms with Crippen LogP contribution in [0.3, 0.4) is 0 Å². The first kappa shape index (κ1) is 16.7. The fourth-order valence-electron chi connectivity index (χ4n) is 1.97. The fourth-order valence-corrected chi connectivity index (χ4v) is 1.97. The second kappa shape index (κ2) is 7.16. The van der Waals surface area contributed by atoms with Gasteiger partial charge in [-0.05, 0) is 28.9 Å². The van der Waals surface area contributed by atoms with Crippen LogP contribution in [0.15, 0.2) is 22.8 Å². The number of carbonyl (C=O) groups excluding carboxylic acids is 1. The van der Waals surface area contributed by atoms with Crippen molar-refractivity contribution < 1.29 is 22.9 Å². The van der Waals surface area contributed by atoms with Crippen LogP contribution in [0.4, 0.5) is 14.6 Å². The molecule has 25 heavy (non-hydrogen) atoms. The molecule has 10 heteroatoms. The second-order valence-corrected chi connectivity index (χ2v) is 5.07. The number of carbonyl (C=O) groups is 1. The number of unbranched alkanes of at least 4 members (excludes halogenated alkanes) is 1. The van der Waals surface area contributed by atoms with Crippen molar-refractivity contribution in [3.8, 4) is 5.88 Å². The Kier molecular flexibility index (Phi) is 4.78. The highest BCUT2D eigenvalue weighted by molar-refractivity contribution is 6.04. The van der Waals surface area contributed by atoms with Gasteiger partial charge in [0, 0.05) is 6.07 Å². The molecular formula is C15H13F2N5O3. The zero-order valence-electron chi connectivity index (χ0n) is 13.1. The third-order valence-corrected chi connectivity index (χ3v) is 3.23. The summed E-state index contributed by atoms with van der Waals surface area (Å²) in [6, 6.07) is 2.62. The summed E-state index contributed by atoms with van der Waals surface area (Å²) in [6.45, 7) is 2.33. The van der Waals surface area contributed by atoms with Crippen molar-refractivity contribution in [2.75, 3.05) is 11.9 Å². The molecule has 0 atom stereocenters. The van der Waals surface area contributed by atoms with Crippen LogP contribution in [0.2, 0.25) is 0 Å². The summed E-state index contributed by atoms with van der Waals surface area (Å²) in [4.78, 5) is 20.4. The minimum absolute atomic E-state index is 0.00696. The van der Waals surface area contributed by atoms with Gasteiger partial charge in [-0.1, -0.05) is 13.3 Å². The van der Waals surface area contributed by atoms with Gasteiger partial charge in [0.2, 0.25) is 11.3 Å². The molecule has 3 rings (SSSR count). The van der Waals surface area contributed by atoms with Crippen LogP contribution in [0.25, 0.3) is 11.3 Å². The molecule has 3 aromatic rings. The Morgan fingerprint density at radius 1 is 1.24 bits per heavy atom. The van der Waals surface area contributed by atoms with Crippen LogP contribution in [0.1, 0.15) is 30.1 Å². The van der Waals surface area contributed by atoms with Crippen molar-refractivity contribution >= 4 is 23.0 Å². The lowest BCUT2D eigenvalue weighted by Gasteiger charge is -2.10. The van der Waals surface area contributed by atoms with Gasteiger partial charge in [-0.3, -0.25) is 4.79 Å². The predicted molar refractivity (Wildman–Crippen MR) is 82.1 cm³/mol. The van der Waals surface area contributed by atoms with E-state index in [-0.39, 0.29) is 28.6 Å². The largest absolute Gasteiger partial charge is 0.475 e. The van der Waals surface area contributed by atoms with E-state index in [4.69, 9.17) is 4.74 Å². The van der Waals surface area contributed by atoms with Gasteiger partial charge in [0.1, 0.15) is 11.6 Å². The van der Waals surface area contributed by atoms with E-state index in [1.165, 1.54) is 0 Å². The van der Waals surface area contributed by atoms with Crippen molar-refractivity contribution in [1.82, 2.24) is 20.3 Å². The van der Waals surface area contributed by atoms with Crippen molar-refractivity contribution in [2.45, 2.75) is 19.8 Å². The first-order valence-electron chi connectivity index (χ1n) is 7.48. The first-order chi connectivity index (χ1) is 12.1. The normalized spacial score (nSPS) is 10.8. The Bertz CT molecular complexity index is 915. The van der Waals surface area contributed by atoms with Gasteiger partial charge in [-0.2, -0.15) is 9.97 Å². The molecule has 0 aliphatic rings. The van der Waals surface area contributed by atoms with E-state index in [2.05, 4.69) is 30.2 Å². The quantitative estimate of drug-likeness (QED) is 0.682. The molecule has 0 spiro atoms. The molecule has 0 aliphatic heterocycles. The molecule has 0 bridgehead atoms. The number of rotatable bonds is 6. The minimum atomic E-state index is -0.997. The molecule has 0 radical (unpaired) electrons. The number of anilines is 1. The van der Waals surface area contributed by atoms with Crippen LogP contribution in [-0.4, -0.2) is 32.8 Å². The van der Waals surface area contributed by atoms with Gasteiger partial charge in [0.25, 0.3) is 11.8 Å². The van der Waals surface area contributed by atoms with E-state index >= 15 is 0 Å². The van der Waals surface area contributed by atoms with Crippen molar-refractivity contribution in [3.05, 3.63) is 35.4 Å². The molecule has 0 fully saturated rings. The monoisotopic (exact) mass is 349 g/mol. The molecule has 1 aromatic carbocycles. The number of hydrogen-bond donors (Lipinski definition) is 1. The van der Waals surface area contributed by atoms with Crippen LogP contribution >= 0.6 is 0 Å². The number of aromatic nitrogens is 4. The standard InChI is InChI=1S/C15H13F2N5O3/c1-2-3-6-24-15-13(18-11-12(20-15)22-25-21-11)19-14(23)9-5-4-8(16)7-10(9)17/h4-5,7H,2-3,6H2,1H3,(H,18,19,21,23). The van der Waals surface area contributed by atoms with E-state index in [9.17, 15) is 13.6 Å². The van der Waals surface area contributed by atoms with Crippen LogP contribution in [0, 0.1) is 11.6 Å². The molecule has 130 valence electrons. The number of hydrogen-bond acceptors (Lipinski definition) is 7. The summed E-state index contributed by atoms with van der Waals surface area (Å²) < 4.78 is 36.7. The Hall–Kier alpha value is -3.17. The maximum atomic E-state index is 13.8. The summed E-state index contributed by atoms with van der Waals surface area (Å²) in [7, 11) is 0. The van der Waals surface area contributed by atoms with Crippen molar-refractivity contribution in [3.63, 3.8) is 0 Å². The summed E-state index contributed by atoms with van der Waals surface area (Å²) in [5.41, 5.74) is -0.184. The van der Waals surface area contributed by atoms with Crippen LogP contribution in [0.5, 0.6) is 5.88 Å². The highest BCUT2D eigenvalue weighted by Gasteiger charge is 2.19. The highest BCUT2D eigenvalue weighted by atomic mass is 19.1. The van der Waals surface area contributed by atoms with E-state index in [0.717, 1.165) is 25.0 Å². The number of ether oxygens (including phenoxy) is 1. The summed E-state index contributed by atoms with van der Waals surface area (Å²) >= 11 is 0. The van der Waals surface area contributed by atoms with Gasteiger partial charge >= 0.3 is 0 Å². The number of benzene rings is 1. The first-order valence-corrected chi connectivity index (χ1v) is 7.48. The molecule has 2 heterocycles. The zero-order valence-corrected chi connectivity index (χ0v) is 13.1. The van der Waals surface area contributed by atoms with Gasteiger partial charge in [-0.15, -0.1) is 0 Å². The minimum Gasteiger partial charge on any atom is -0.475 e. The summed E-state index contributed by atoms with van der Waals surface area (Å²) in [5, 5.41) is 9.48. The maximum Gasteiger partial charge on any atom is 0.260 e. The Morgan fingerprint density at radius 3 is 2.72 bits per heavy atom. The lowest BCUT2D eigenvalue weighted by atomic mass is 10.2. The maximum absolute atomic E-state index is 13.8. The second-order valence-electron chi connectivity index (χ2n) is 5.07. The summed E-state index contributed by atoms with van der Waals surface area (Å²) in [5.74, 6) is -2.67. The van der Waals surface area contributed by atoms with Crippen LogP contribution in [-0.2, 0) is 0 Å². The molecule has 1 amide bonds. The van der Waals surface area contributed by atoms with Gasteiger partial charge in [0.15, 0.2) is 5.82 Å². The van der Waals surface area contributed by atoms with Gasteiger partial charge in [0.05, 0.1) is 12.2 Å². The van der Waals surface area contributed by atoms with Crippen molar-refractivity contribution in [2.24, 2.45) is 0 Å². The number of nitrogens with one attached hydrogen (secondary N) is 1. The number of halogens is 2. The lowest BCUT2D eigenvalue weighted by molar-refractivity contribution is 0.102. The number of amides is 1. The molecule has 1 N–H and O–H groups in total. The molecule has 0 saturated carbocycles. The zero-order chi connectivity index (χ0) is 17.8. The smallest absolute Gasteiger partial charge is 0.260 e. The number of fused-ring (bicyclic) bond motifs is 1. The van der Waals surface area contributed by atoms with Gasteiger partial charge < -0.3 is 10.1 Å². The third kappa shape index (κ3) is 3.67. The Morgan fingerprint density at radius 2 is 2.00 bits per heavy atom. The van der Waals surface area contributed by atoms with E-state index in [1.807, 2.05) is 6.92 Å². The molecular weight excluding hydrogens is 336 g/mol. The molecule has 2 aromatic heterocycles. The topological polar surface area (TPSA) is 103 Å². The predicted octanol–water partition coefficient (Wildman–Crippen LogP) is 2.72. The third-order valence-electron chi connectivity index (χ3n) is 3.23. The fraction of sp³-hybridized carbons (Fsp3) is 0.267. The average molecular weight is 349 g/mol.